The fourth-order valence-corrected chi connectivity index (χ4v) is 5.94. The molecule has 4 rings (SSSR count). The standard InChI is InChI=1S/C38H42F2N2O6/c1-23-30(26-16-28(39)20-29(17-26)47-3)8-5-9-32(23)38-24(2)31(13-12-25(38)21-41-14-6-10-36(43)44)27-18-34(40)33(35(19-27)48-4)22-42-15-7-11-37(45)46/h5,8-9,12-13,16-20,41-42H,6-7,10-11,14-15,21-22H2,1-4H3,(H,43,44)(H,45,46). The molecular weight excluding hydrogens is 618 g/mol. The summed E-state index contributed by atoms with van der Waals surface area (Å²) in [5, 5.41) is 24.4. The molecule has 8 nitrogen and oxygen atoms in total. The molecule has 4 aromatic carbocycles. The first-order valence-electron chi connectivity index (χ1n) is 15.8. The number of rotatable bonds is 17. The van der Waals surface area contributed by atoms with Crippen molar-refractivity contribution >= 4 is 11.9 Å². The van der Waals surface area contributed by atoms with E-state index in [-0.39, 0.29) is 19.4 Å². The van der Waals surface area contributed by atoms with E-state index in [2.05, 4.69) is 10.6 Å². The van der Waals surface area contributed by atoms with Crippen molar-refractivity contribution in [2.45, 2.75) is 52.6 Å². The summed E-state index contributed by atoms with van der Waals surface area (Å²) < 4.78 is 41.1. The first kappa shape index (κ1) is 36.0. The SMILES string of the molecule is COc1cc(F)cc(-c2cccc(-c3c(CNCCCC(=O)O)ccc(-c4cc(F)c(CNCCCC(=O)O)c(OC)c4)c3C)c2C)c1. The van der Waals surface area contributed by atoms with Gasteiger partial charge in [0.1, 0.15) is 23.1 Å². The lowest BCUT2D eigenvalue weighted by Crippen LogP contribution is -2.17. The summed E-state index contributed by atoms with van der Waals surface area (Å²) in [6.45, 7) is 5.56. The number of hydrogen-bond acceptors (Lipinski definition) is 6. The van der Waals surface area contributed by atoms with Gasteiger partial charge in [-0.3, -0.25) is 9.59 Å². The van der Waals surface area contributed by atoms with Crippen LogP contribution in [-0.2, 0) is 22.7 Å². The quantitative estimate of drug-likeness (QED) is 0.0861. The Hall–Kier alpha value is -4.80. The first-order valence-corrected chi connectivity index (χ1v) is 15.8. The van der Waals surface area contributed by atoms with E-state index in [4.69, 9.17) is 19.7 Å². The van der Waals surface area contributed by atoms with Gasteiger partial charge >= 0.3 is 11.9 Å². The molecule has 0 radical (unpaired) electrons. The molecule has 0 aliphatic carbocycles. The Morgan fingerprint density at radius 2 is 1.35 bits per heavy atom. The number of halogens is 2. The summed E-state index contributed by atoms with van der Waals surface area (Å²) in [6.07, 6.45) is 1.00. The number of benzene rings is 4. The van der Waals surface area contributed by atoms with E-state index in [1.807, 2.05) is 44.2 Å². The van der Waals surface area contributed by atoms with Crippen molar-refractivity contribution in [1.82, 2.24) is 10.6 Å². The van der Waals surface area contributed by atoms with E-state index in [0.29, 0.717) is 60.7 Å². The van der Waals surface area contributed by atoms with E-state index in [0.717, 1.165) is 38.9 Å². The topological polar surface area (TPSA) is 117 Å². The summed E-state index contributed by atoms with van der Waals surface area (Å²) in [7, 11) is 2.98. The van der Waals surface area contributed by atoms with Gasteiger partial charge in [-0.1, -0.05) is 30.3 Å². The summed E-state index contributed by atoms with van der Waals surface area (Å²) >= 11 is 0. The molecule has 0 aliphatic heterocycles. The van der Waals surface area contributed by atoms with Crippen molar-refractivity contribution in [1.29, 1.82) is 0 Å². The minimum atomic E-state index is -0.879. The predicted octanol–water partition coefficient (Wildman–Crippen LogP) is 7.51. The molecule has 10 heteroatoms. The van der Waals surface area contributed by atoms with Gasteiger partial charge in [0, 0.05) is 37.6 Å². The van der Waals surface area contributed by atoms with Crippen molar-refractivity contribution in [3.63, 3.8) is 0 Å². The molecule has 254 valence electrons. The second-order valence-corrected chi connectivity index (χ2v) is 11.6. The van der Waals surface area contributed by atoms with Crippen LogP contribution in [-0.4, -0.2) is 49.5 Å². The Kier molecular flexibility index (Phi) is 12.7. The summed E-state index contributed by atoms with van der Waals surface area (Å²) in [5.74, 6) is -1.79. The number of ether oxygens (including phenoxy) is 2. The van der Waals surface area contributed by atoms with Crippen LogP contribution in [0.1, 0.15) is 47.9 Å². The molecule has 48 heavy (non-hydrogen) atoms. The number of carbonyl (C=O) groups is 2. The van der Waals surface area contributed by atoms with Gasteiger partial charge in [-0.2, -0.15) is 0 Å². The van der Waals surface area contributed by atoms with Crippen LogP contribution in [0.2, 0.25) is 0 Å². The molecule has 0 fully saturated rings. The van der Waals surface area contributed by atoms with Gasteiger partial charge in [0.05, 0.1) is 14.2 Å². The van der Waals surface area contributed by atoms with Crippen LogP contribution in [0.15, 0.2) is 60.7 Å². The van der Waals surface area contributed by atoms with E-state index in [9.17, 15) is 14.0 Å². The summed E-state index contributed by atoms with van der Waals surface area (Å²) in [6, 6.07) is 17.7. The maximum Gasteiger partial charge on any atom is 0.303 e. The molecule has 0 spiro atoms. The number of hydrogen-bond donors (Lipinski definition) is 4. The summed E-state index contributed by atoms with van der Waals surface area (Å²) in [4.78, 5) is 21.8. The van der Waals surface area contributed by atoms with Crippen molar-refractivity contribution in [3.05, 3.63) is 94.6 Å². The zero-order valence-electron chi connectivity index (χ0n) is 27.7. The fraction of sp³-hybridized carbons (Fsp3) is 0.316. The predicted molar refractivity (Wildman–Crippen MR) is 182 cm³/mol. The highest BCUT2D eigenvalue weighted by atomic mass is 19.1. The molecule has 0 aromatic heterocycles. The van der Waals surface area contributed by atoms with Gasteiger partial charge in [-0.15, -0.1) is 0 Å². The van der Waals surface area contributed by atoms with Gasteiger partial charge in [0.25, 0.3) is 0 Å². The number of carboxylic acids is 2. The van der Waals surface area contributed by atoms with Crippen LogP contribution in [0.25, 0.3) is 33.4 Å². The molecule has 0 unspecified atom stereocenters. The van der Waals surface area contributed by atoms with Gasteiger partial charge < -0.3 is 30.3 Å². The monoisotopic (exact) mass is 660 g/mol. The van der Waals surface area contributed by atoms with E-state index in [1.54, 1.807) is 12.1 Å². The molecular formula is C38H42F2N2O6. The number of carboxylic acid groups (broad SMARTS) is 2. The number of methoxy groups -OCH3 is 2. The summed E-state index contributed by atoms with van der Waals surface area (Å²) in [5.41, 5.74) is 7.94. The Morgan fingerprint density at radius 3 is 2.00 bits per heavy atom. The highest BCUT2D eigenvalue weighted by Gasteiger charge is 2.20. The zero-order valence-corrected chi connectivity index (χ0v) is 27.7. The molecule has 0 bridgehead atoms. The van der Waals surface area contributed by atoms with Gasteiger partial charge in [-0.25, -0.2) is 8.78 Å². The molecule has 0 saturated heterocycles. The van der Waals surface area contributed by atoms with Crippen LogP contribution >= 0.6 is 0 Å². The highest BCUT2D eigenvalue weighted by molar-refractivity contribution is 5.86. The lowest BCUT2D eigenvalue weighted by molar-refractivity contribution is -0.138. The molecule has 0 atom stereocenters. The van der Waals surface area contributed by atoms with Gasteiger partial charge in [0.2, 0.25) is 0 Å². The third-order valence-electron chi connectivity index (χ3n) is 8.36. The van der Waals surface area contributed by atoms with Crippen molar-refractivity contribution in [2.24, 2.45) is 0 Å². The average molecular weight is 661 g/mol. The van der Waals surface area contributed by atoms with Crippen LogP contribution in [0.3, 0.4) is 0 Å². The minimum Gasteiger partial charge on any atom is -0.497 e. The van der Waals surface area contributed by atoms with Crippen molar-refractivity contribution in [2.75, 3.05) is 27.3 Å². The Balaban J connectivity index is 1.78. The molecule has 0 aliphatic rings. The van der Waals surface area contributed by atoms with Gasteiger partial charge in [0.15, 0.2) is 0 Å². The maximum absolute atomic E-state index is 15.6. The number of aliphatic carboxylic acids is 2. The molecule has 4 N–H and O–H groups in total. The molecule has 4 aromatic rings. The smallest absolute Gasteiger partial charge is 0.303 e. The van der Waals surface area contributed by atoms with Crippen LogP contribution < -0.4 is 20.1 Å². The Morgan fingerprint density at radius 1 is 0.729 bits per heavy atom. The van der Waals surface area contributed by atoms with Crippen LogP contribution in [0.5, 0.6) is 11.5 Å². The third-order valence-corrected chi connectivity index (χ3v) is 8.36. The molecule has 0 saturated carbocycles. The van der Waals surface area contributed by atoms with Crippen molar-refractivity contribution in [3.8, 4) is 44.9 Å². The minimum absolute atomic E-state index is 0.0276. The van der Waals surface area contributed by atoms with Crippen LogP contribution in [0.4, 0.5) is 8.78 Å². The second-order valence-electron chi connectivity index (χ2n) is 11.6. The van der Waals surface area contributed by atoms with E-state index in [1.165, 1.54) is 32.4 Å². The lowest BCUT2D eigenvalue weighted by Gasteiger charge is -2.21. The van der Waals surface area contributed by atoms with Gasteiger partial charge in [-0.05, 0) is 114 Å². The van der Waals surface area contributed by atoms with Crippen molar-refractivity contribution < 1.29 is 38.1 Å². The Labute approximate surface area is 279 Å². The van der Waals surface area contributed by atoms with E-state index >= 15 is 4.39 Å². The lowest BCUT2D eigenvalue weighted by atomic mass is 9.85. The number of nitrogens with one attached hydrogen (secondary N) is 2. The molecule has 0 amide bonds. The largest absolute Gasteiger partial charge is 0.497 e. The third kappa shape index (κ3) is 8.96. The van der Waals surface area contributed by atoms with Crippen LogP contribution in [0, 0.1) is 25.5 Å². The Bertz CT molecular complexity index is 1780. The molecule has 0 heterocycles. The second kappa shape index (κ2) is 16.9. The average Bonchev–Trinajstić information content (AvgIpc) is 3.04. The maximum atomic E-state index is 15.6. The normalized spacial score (nSPS) is 11.0. The highest BCUT2D eigenvalue weighted by Crippen LogP contribution is 2.41. The zero-order chi connectivity index (χ0) is 34.8. The fourth-order valence-electron chi connectivity index (χ4n) is 5.94. The van der Waals surface area contributed by atoms with E-state index < -0.39 is 23.6 Å². The first-order chi connectivity index (χ1) is 23.0.